The van der Waals surface area contributed by atoms with Gasteiger partial charge in [0.2, 0.25) is 5.82 Å². The highest BCUT2D eigenvalue weighted by molar-refractivity contribution is 6.32. The van der Waals surface area contributed by atoms with Gasteiger partial charge in [-0.25, -0.2) is 9.78 Å². The summed E-state index contributed by atoms with van der Waals surface area (Å²) in [6.45, 7) is 6.18. The lowest BCUT2D eigenvalue weighted by Gasteiger charge is -2.34. The Kier molecular flexibility index (Phi) is 6.79. The minimum Gasteiger partial charge on any atom is -0.476 e. The van der Waals surface area contributed by atoms with Gasteiger partial charge in [-0.1, -0.05) is 80.4 Å². The van der Waals surface area contributed by atoms with Crippen molar-refractivity contribution in [2.75, 3.05) is 0 Å². The highest BCUT2D eigenvalue weighted by atomic mass is 35.5. The van der Waals surface area contributed by atoms with Crippen LogP contribution in [0.2, 0.25) is 5.15 Å². The van der Waals surface area contributed by atoms with Gasteiger partial charge in [-0.05, 0) is 41.7 Å². The molecule has 0 radical (unpaired) electrons. The number of aromatic carboxylic acids is 1. The summed E-state index contributed by atoms with van der Waals surface area (Å²) >= 11 is 6.31. The van der Waals surface area contributed by atoms with Gasteiger partial charge in [0.25, 0.3) is 0 Å². The van der Waals surface area contributed by atoms with Gasteiger partial charge in [0, 0.05) is 12.0 Å². The zero-order chi connectivity index (χ0) is 24.3. The van der Waals surface area contributed by atoms with Crippen molar-refractivity contribution in [1.29, 1.82) is 0 Å². The molecule has 4 rings (SSSR count). The fourth-order valence-corrected chi connectivity index (χ4v) is 4.62. The van der Waals surface area contributed by atoms with Crippen molar-refractivity contribution in [2.24, 2.45) is 0 Å². The average Bonchev–Trinajstić information content (AvgIpc) is 3.50. The van der Waals surface area contributed by atoms with E-state index >= 15 is 0 Å². The van der Waals surface area contributed by atoms with Gasteiger partial charge in [0.05, 0.1) is 5.54 Å². The molecular weight excluding hydrogens is 452 g/mol. The third kappa shape index (κ3) is 4.21. The number of nitrogens with zero attached hydrogens (tertiary/aromatic N) is 5. The first-order chi connectivity index (χ1) is 16.4. The topological polar surface area (TPSA) is 110 Å². The number of benzene rings is 2. The maximum absolute atomic E-state index is 12.1. The van der Waals surface area contributed by atoms with Gasteiger partial charge in [-0.15, -0.1) is 10.2 Å². The molecule has 0 aliphatic rings. The molecule has 0 saturated carbocycles. The summed E-state index contributed by atoms with van der Waals surface area (Å²) in [6.07, 6.45) is 3.20. The van der Waals surface area contributed by atoms with Crippen LogP contribution in [0.3, 0.4) is 0 Å². The first-order valence-corrected chi connectivity index (χ1v) is 11.7. The second-order valence-electron chi connectivity index (χ2n) is 8.40. The lowest BCUT2D eigenvalue weighted by atomic mass is 9.86. The van der Waals surface area contributed by atoms with E-state index in [0.717, 1.165) is 35.1 Å². The molecule has 0 fully saturated rings. The molecule has 0 saturated heterocycles. The number of aromatic amines is 1. The van der Waals surface area contributed by atoms with E-state index in [-0.39, 0.29) is 10.8 Å². The van der Waals surface area contributed by atoms with Gasteiger partial charge in [0.15, 0.2) is 10.8 Å². The Bertz CT molecular complexity index is 1280. The van der Waals surface area contributed by atoms with Crippen LogP contribution in [0, 0.1) is 0 Å². The van der Waals surface area contributed by atoms with Crippen LogP contribution in [0.4, 0.5) is 0 Å². The predicted molar refractivity (Wildman–Crippen MR) is 131 cm³/mol. The van der Waals surface area contributed by atoms with Crippen LogP contribution in [0.5, 0.6) is 0 Å². The first-order valence-electron chi connectivity index (χ1n) is 11.3. The number of unbranched alkanes of at least 4 members (excludes halogenated alkanes) is 1. The van der Waals surface area contributed by atoms with Gasteiger partial charge >= 0.3 is 5.97 Å². The molecule has 0 spiro atoms. The van der Waals surface area contributed by atoms with Gasteiger partial charge in [-0.2, -0.15) is 5.21 Å². The third-order valence-corrected chi connectivity index (χ3v) is 6.64. The maximum atomic E-state index is 12.1. The van der Waals surface area contributed by atoms with E-state index in [4.69, 9.17) is 11.6 Å². The Balaban J connectivity index is 1.80. The van der Waals surface area contributed by atoms with E-state index < -0.39 is 11.5 Å². The molecule has 0 aliphatic carbocycles. The van der Waals surface area contributed by atoms with E-state index in [9.17, 15) is 9.90 Å². The molecule has 9 heteroatoms. The number of aromatic nitrogens is 6. The quantitative estimate of drug-likeness (QED) is 0.324. The van der Waals surface area contributed by atoms with Crippen molar-refractivity contribution >= 4 is 17.6 Å². The number of carbonyl (C=O) groups is 1. The van der Waals surface area contributed by atoms with E-state index in [1.54, 1.807) is 0 Å². The molecule has 2 aromatic carbocycles. The zero-order valence-electron chi connectivity index (χ0n) is 19.4. The Hall–Kier alpha value is -3.52. The number of aryl methyl sites for hydroxylation is 1. The fourth-order valence-electron chi connectivity index (χ4n) is 4.36. The number of hydrogen-bond acceptors (Lipinski definition) is 5. The van der Waals surface area contributed by atoms with Crippen LogP contribution >= 0.6 is 11.6 Å². The molecule has 4 aromatic rings. The number of rotatable bonds is 9. The number of halogens is 1. The van der Waals surface area contributed by atoms with Crippen molar-refractivity contribution in [3.8, 4) is 22.5 Å². The average molecular weight is 479 g/mol. The Morgan fingerprint density at radius 2 is 1.82 bits per heavy atom. The van der Waals surface area contributed by atoms with Crippen LogP contribution in [0.25, 0.3) is 22.5 Å². The summed E-state index contributed by atoms with van der Waals surface area (Å²) in [5.41, 5.74) is 3.22. The standard InChI is InChI=1S/C25H27ClN6O2/c1-4-6-11-20-27-22(26)21(24(33)34)32(20)25(3,5-2)17-14-12-16(13-15-17)18-9-7-8-10-19(18)23-28-30-31-29-23/h7-10,12-15H,4-6,11H2,1-3H3,(H,33,34)(H,28,29,30,31). The molecule has 176 valence electrons. The fraction of sp³-hybridized carbons (Fsp3) is 0.320. The van der Waals surface area contributed by atoms with Crippen molar-refractivity contribution in [1.82, 2.24) is 30.2 Å². The number of imidazole rings is 1. The molecular formula is C25H27ClN6O2. The molecule has 2 N–H and O–H groups in total. The number of carboxylic acids is 1. The normalized spacial score (nSPS) is 13.1. The summed E-state index contributed by atoms with van der Waals surface area (Å²) in [4.78, 5) is 16.6. The molecule has 8 nitrogen and oxygen atoms in total. The predicted octanol–water partition coefficient (Wildman–Crippen LogP) is 5.60. The van der Waals surface area contributed by atoms with Crippen molar-refractivity contribution in [2.45, 2.75) is 52.0 Å². The number of H-pyrrole nitrogens is 1. The Morgan fingerprint density at radius 3 is 2.41 bits per heavy atom. The van der Waals surface area contributed by atoms with Crippen molar-refractivity contribution in [3.05, 3.63) is 70.8 Å². The minimum absolute atomic E-state index is 0.0312. The molecule has 0 amide bonds. The third-order valence-electron chi connectivity index (χ3n) is 6.37. The van der Waals surface area contributed by atoms with Crippen LogP contribution < -0.4 is 0 Å². The summed E-state index contributed by atoms with van der Waals surface area (Å²) in [6, 6.07) is 16.0. The monoisotopic (exact) mass is 478 g/mol. The first kappa shape index (κ1) is 23.6. The molecule has 2 heterocycles. The summed E-state index contributed by atoms with van der Waals surface area (Å²) in [5.74, 6) is 0.142. The van der Waals surface area contributed by atoms with Gasteiger partial charge in [0.1, 0.15) is 5.82 Å². The van der Waals surface area contributed by atoms with Crippen LogP contribution in [0.1, 0.15) is 61.9 Å². The molecule has 34 heavy (non-hydrogen) atoms. The highest BCUT2D eigenvalue weighted by Crippen LogP contribution is 2.37. The van der Waals surface area contributed by atoms with E-state index in [0.29, 0.717) is 24.5 Å². The Labute approximate surface area is 203 Å². The Morgan fingerprint density at radius 1 is 1.12 bits per heavy atom. The summed E-state index contributed by atoms with van der Waals surface area (Å²) in [7, 11) is 0. The molecule has 0 bridgehead atoms. The molecule has 1 atom stereocenters. The number of tetrazole rings is 1. The second-order valence-corrected chi connectivity index (χ2v) is 8.76. The molecule has 0 aliphatic heterocycles. The van der Waals surface area contributed by atoms with Crippen molar-refractivity contribution < 1.29 is 9.90 Å². The van der Waals surface area contributed by atoms with Gasteiger partial charge < -0.3 is 9.67 Å². The number of carboxylic acid groups (broad SMARTS) is 1. The highest BCUT2D eigenvalue weighted by Gasteiger charge is 2.35. The van der Waals surface area contributed by atoms with E-state index in [1.165, 1.54) is 0 Å². The minimum atomic E-state index is -1.08. The lowest BCUT2D eigenvalue weighted by Crippen LogP contribution is -2.35. The molecule has 2 aromatic heterocycles. The van der Waals surface area contributed by atoms with E-state index in [1.807, 2.05) is 66.9 Å². The summed E-state index contributed by atoms with van der Waals surface area (Å²) in [5, 5.41) is 24.4. The van der Waals surface area contributed by atoms with Crippen LogP contribution in [-0.2, 0) is 12.0 Å². The summed E-state index contributed by atoms with van der Waals surface area (Å²) < 4.78 is 1.82. The van der Waals surface area contributed by atoms with Crippen LogP contribution in [-0.4, -0.2) is 41.3 Å². The van der Waals surface area contributed by atoms with Crippen LogP contribution in [0.15, 0.2) is 48.5 Å². The zero-order valence-corrected chi connectivity index (χ0v) is 20.2. The largest absolute Gasteiger partial charge is 0.476 e. The number of hydrogen-bond donors (Lipinski definition) is 2. The second kappa shape index (κ2) is 9.77. The van der Waals surface area contributed by atoms with E-state index in [2.05, 4.69) is 32.5 Å². The van der Waals surface area contributed by atoms with Crippen molar-refractivity contribution in [3.63, 3.8) is 0 Å². The van der Waals surface area contributed by atoms with Gasteiger partial charge in [-0.3, -0.25) is 0 Å². The molecule has 1 unspecified atom stereocenters. The number of nitrogens with one attached hydrogen (secondary N) is 1. The maximum Gasteiger partial charge on any atom is 0.355 e. The smallest absolute Gasteiger partial charge is 0.355 e. The lowest BCUT2D eigenvalue weighted by molar-refractivity contribution is 0.0678. The SMILES string of the molecule is CCCCc1nc(Cl)c(C(=O)O)n1C(C)(CC)c1ccc(-c2ccccc2-c2nn[nH]n2)cc1.